The maximum Gasteiger partial charge on any atom is 0.338 e. The van der Waals surface area contributed by atoms with E-state index in [0.717, 1.165) is 0 Å². The third-order valence-corrected chi connectivity index (χ3v) is 1.20. The molecule has 0 fully saturated rings. The SMILES string of the molecule is C[C@@](O)(C(=O)O)[C@H](O)C(=O)O. The van der Waals surface area contributed by atoms with Crippen molar-refractivity contribution in [3.05, 3.63) is 0 Å². The molecule has 0 spiro atoms. The Labute approximate surface area is 61.7 Å². The van der Waals surface area contributed by atoms with Gasteiger partial charge in [0.15, 0.2) is 11.7 Å². The monoisotopic (exact) mass is 164 g/mol. The van der Waals surface area contributed by atoms with Crippen LogP contribution in [0.3, 0.4) is 0 Å². The molecule has 0 unspecified atom stereocenters. The van der Waals surface area contributed by atoms with E-state index in [1.165, 1.54) is 0 Å². The van der Waals surface area contributed by atoms with Gasteiger partial charge in [-0.2, -0.15) is 0 Å². The quantitative estimate of drug-likeness (QED) is 0.394. The molecule has 0 saturated heterocycles. The van der Waals surface area contributed by atoms with Gasteiger partial charge < -0.3 is 20.4 Å². The molecule has 0 radical (unpaired) electrons. The van der Waals surface area contributed by atoms with Crippen LogP contribution in [0.4, 0.5) is 0 Å². The first-order valence-electron chi connectivity index (χ1n) is 2.66. The molecule has 6 heteroatoms. The van der Waals surface area contributed by atoms with Crippen molar-refractivity contribution in [1.29, 1.82) is 0 Å². The fraction of sp³-hybridized carbons (Fsp3) is 0.600. The Hall–Kier alpha value is -1.14. The highest BCUT2D eigenvalue weighted by atomic mass is 16.4. The Morgan fingerprint density at radius 1 is 1.36 bits per heavy atom. The van der Waals surface area contributed by atoms with E-state index in [2.05, 4.69) is 0 Å². The molecule has 4 N–H and O–H groups in total. The second kappa shape index (κ2) is 2.85. The number of rotatable bonds is 3. The molecule has 0 aliphatic rings. The standard InChI is InChI=1S/C5H8O6/c1-5(11,4(9)10)2(6)3(7)8/h2,6,11H,1H3,(H,7,8)(H,9,10)/t2-,5+/m1/s1. The molecule has 0 aromatic heterocycles. The minimum Gasteiger partial charge on any atom is -0.479 e. The molecule has 0 bridgehead atoms. The topological polar surface area (TPSA) is 115 Å². The van der Waals surface area contributed by atoms with Crippen molar-refractivity contribution in [2.24, 2.45) is 0 Å². The van der Waals surface area contributed by atoms with Crippen molar-refractivity contribution in [3.8, 4) is 0 Å². The van der Waals surface area contributed by atoms with Gasteiger partial charge in [0.2, 0.25) is 0 Å². The van der Waals surface area contributed by atoms with E-state index < -0.39 is 23.6 Å². The lowest BCUT2D eigenvalue weighted by Crippen LogP contribution is -2.50. The summed E-state index contributed by atoms with van der Waals surface area (Å²) >= 11 is 0. The largest absolute Gasteiger partial charge is 0.479 e. The van der Waals surface area contributed by atoms with Crippen LogP contribution in [0.5, 0.6) is 0 Å². The van der Waals surface area contributed by atoms with Gasteiger partial charge >= 0.3 is 11.9 Å². The van der Waals surface area contributed by atoms with Gasteiger partial charge in [-0.05, 0) is 6.92 Å². The van der Waals surface area contributed by atoms with Crippen molar-refractivity contribution >= 4 is 11.9 Å². The average molecular weight is 164 g/mol. The predicted octanol–water partition coefficient (Wildman–Crippen LogP) is -1.73. The third kappa shape index (κ3) is 1.89. The fourth-order valence-corrected chi connectivity index (χ4v) is 0.357. The first-order valence-corrected chi connectivity index (χ1v) is 2.66. The summed E-state index contributed by atoms with van der Waals surface area (Å²) in [6, 6.07) is 0. The van der Waals surface area contributed by atoms with Crippen molar-refractivity contribution in [2.45, 2.75) is 18.6 Å². The molecule has 0 aliphatic carbocycles. The zero-order valence-corrected chi connectivity index (χ0v) is 5.68. The van der Waals surface area contributed by atoms with Crippen LogP contribution in [0.25, 0.3) is 0 Å². The summed E-state index contributed by atoms with van der Waals surface area (Å²) in [6.45, 7) is 0.703. The van der Waals surface area contributed by atoms with Crippen LogP contribution in [-0.2, 0) is 9.59 Å². The number of hydrogen-bond donors (Lipinski definition) is 4. The molecule has 64 valence electrons. The Morgan fingerprint density at radius 2 is 1.73 bits per heavy atom. The Kier molecular flexibility index (Phi) is 2.55. The van der Waals surface area contributed by atoms with Gasteiger partial charge in [0.05, 0.1) is 0 Å². The normalized spacial score (nSPS) is 18.5. The molecule has 0 saturated carbocycles. The molecule has 11 heavy (non-hydrogen) atoms. The minimum absolute atomic E-state index is 0.703. The van der Waals surface area contributed by atoms with Crippen molar-refractivity contribution in [2.75, 3.05) is 0 Å². The summed E-state index contributed by atoms with van der Waals surface area (Å²) in [6.07, 6.45) is -2.32. The van der Waals surface area contributed by atoms with Crippen molar-refractivity contribution in [1.82, 2.24) is 0 Å². The van der Waals surface area contributed by atoms with Crippen LogP contribution >= 0.6 is 0 Å². The third-order valence-electron chi connectivity index (χ3n) is 1.20. The molecule has 0 aliphatic heterocycles. The number of aliphatic hydroxyl groups is 2. The van der Waals surface area contributed by atoms with Crippen LogP contribution in [0.15, 0.2) is 0 Å². The van der Waals surface area contributed by atoms with E-state index >= 15 is 0 Å². The summed E-state index contributed by atoms with van der Waals surface area (Å²) < 4.78 is 0. The van der Waals surface area contributed by atoms with E-state index in [1.807, 2.05) is 0 Å². The lowest BCUT2D eigenvalue weighted by molar-refractivity contribution is -0.180. The zero-order chi connectivity index (χ0) is 9.23. The average Bonchev–Trinajstić information content (AvgIpc) is 1.85. The van der Waals surface area contributed by atoms with Gasteiger partial charge in [-0.25, -0.2) is 9.59 Å². The molecule has 2 atom stereocenters. The minimum atomic E-state index is -2.65. The molecular weight excluding hydrogens is 156 g/mol. The lowest BCUT2D eigenvalue weighted by Gasteiger charge is -2.20. The van der Waals surface area contributed by atoms with Crippen LogP contribution in [-0.4, -0.2) is 44.1 Å². The summed E-state index contributed by atoms with van der Waals surface area (Å²) in [5, 5.41) is 33.7. The molecule has 0 heterocycles. The highest BCUT2D eigenvalue weighted by molar-refractivity contribution is 5.86. The maximum atomic E-state index is 10.1. The Balaban J connectivity index is 4.55. The summed E-state index contributed by atoms with van der Waals surface area (Å²) in [5.41, 5.74) is -2.65. The van der Waals surface area contributed by atoms with Gasteiger partial charge in [0.1, 0.15) is 0 Å². The molecule has 0 aromatic carbocycles. The van der Waals surface area contributed by atoms with Crippen LogP contribution in [0.1, 0.15) is 6.92 Å². The smallest absolute Gasteiger partial charge is 0.338 e. The van der Waals surface area contributed by atoms with E-state index in [4.69, 9.17) is 20.4 Å². The van der Waals surface area contributed by atoms with Gasteiger partial charge in [-0.3, -0.25) is 0 Å². The van der Waals surface area contributed by atoms with Gasteiger partial charge in [0.25, 0.3) is 0 Å². The van der Waals surface area contributed by atoms with Gasteiger partial charge in [-0.1, -0.05) is 0 Å². The lowest BCUT2D eigenvalue weighted by atomic mass is 10.00. The van der Waals surface area contributed by atoms with Crippen molar-refractivity contribution in [3.63, 3.8) is 0 Å². The predicted molar refractivity (Wildman–Crippen MR) is 31.9 cm³/mol. The number of carbonyl (C=O) groups is 2. The van der Waals surface area contributed by atoms with E-state index in [9.17, 15) is 9.59 Å². The van der Waals surface area contributed by atoms with Crippen LogP contribution < -0.4 is 0 Å². The number of carboxylic acid groups (broad SMARTS) is 2. The second-order valence-electron chi connectivity index (χ2n) is 2.19. The number of aliphatic carboxylic acids is 2. The zero-order valence-electron chi connectivity index (χ0n) is 5.68. The maximum absolute atomic E-state index is 10.1. The van der Waals surface area contributed by atoms with E-state index in [0.29, 0.717) is 6.92 Å². The van der Waals surface area contributed by atoms with E-state index in [1.54, 1.807) is 0 Å². The second-order valence-corrected chi connectivity index (χ2v) is 2.19. The summed E-state index contributed by atoms with van der Waals surface area (Å²) in [7, 11) is 0. The molecular formula is C5H8O6. The molecule has 0 aromatic rings. The fourth-order valence-electron chi connectivity index (χ4n) is 0.357. The van der Waals surface area contributed by atoms with Gasteiger partial charge in [0, 0.05) is 0 Å². The molecule has 0 rings (SSSR count). The highest BCUT2D eigenvalue weighted by Gasteiger charge is 2.43. The first kappa shape index (κ1) is 9.86. The molecule has 0 amide bonds. The van der Waals surface area contributed by atoms with Gasteiger partial charge in [-0.15, -0.1) is 0 Å². The highest BCUT2D eigenvalue weighted by Crippen LogP contribution is 2.09. The van der Waals surface area contributed by atoms with Crippen LogP contribution in [0.2, 0.25) is 0 Å². The van der Waals surface area contributed by atoms with E-state index in [-0.39, 0.29) is 0 Å². The van der Waals surface area contributed by atoms with Crippen molar-refractivity contribution < 1.29 is 30.0 Å². The Bertz CT molecular complexity index is 183. The molecule has 6 nitrogen and oxygen atoms in total. The summed E-state index contributed by atoms with van der Waals surface area (Å²) in [5.74, 6) is -3.56. The summed E-state index contributed by atoms with van der Waals surface area (Å²) in [4.78, 5) is 20.1. The Morgan fingerprint density at radius 3 is 1.82 bits per heavy atom. The number of carboxylic acids is 2. The first-order chi connectivity index (χ1) is 4.80. The number of aliphatic hydroxyl groups excluding tert-OH is 1. The van der Waals surface area contributed by atoms with Crippen LogP contribution in [0, 0.1) is 0 Å². The number of hydrogen-bond acceptors (Lipinski definition) is 4.